The van der Waals surface area contributed by atoms with Crippen LogP contribution in [0.1, 0.15) is 25.7 Å². The molecule has 1 aromatic rings. The highest BCUT2D eigenvalue weighted by molar-refractivity contribution is 6.32. The molecule has 4 heteroatoms. The minimum atomic E-state index is -0.322. The van der Waals surface area contributed by atoms with Crippen molar-refractivity contribution in [2.45, 2.75) is 31.3 Å². The molecule has 1 aromatic carbocycles. The fraction of sp³-hybridized carbons (Fsp3) is 0.571. The Morgan fingerprint density at radius 1 is 1.44 bits per heavy atom. The first kappa shape index (κ1) is 12.2. The molecular weight excluding hydrogens is 253 g/mol. The summed E-state index contributed by atoms with van der Waals surface area (Å²) >= 11 is 6.00. The average Bonchev–Trinajstić information content (AvgIpc) is 2.86. The Balaban J connectivity index is 1.67. The lowest BCUT2D eigenvalue weighted by molar-refractivity contribution is 0.148. The van der Waals surface area contributed by atoms with Crippen molar-refractivity contribution >= 4 is 11.6 Å². The first-order valence-corrected chi connectivity index (χ1v) is 6.89. The number of hydrogen-bond donors (Lipinski definition) is 1. The van der Waals surface area contributed by atoms with Gasteiger partial charge in [-0.1, -0.05) is 11.6 Å². The van der Waals surface area contributed by atoms with Crippen molar-refractivity contribution in [1.82, 2.24) is 5.32 Å². The van der Waals surface area contributed by atoms with E-state index in [9.17, 15) is 4.39 Å². The lowest BCUT2D eigenvalue weighted by atomic mass is 9.99. The molecule has 2 nitrogen and oxygen atoms in total. The summed E-state index contributed by atoms with van der Waals surface area (Å²) in [6, 6.07) is 4.34. The molecule has 1 aliphatic heterocycles. The molecule has 1 atom stereocenters. The molecule has 18 heavy (non-hydrogen) atoms. The van der Waals surface area contributed by atoms with Crippen LogP contribution in [-0.4, -0.2) is 18.7 Å². The SMILES string of the molecule is Fc1ccc(OC2(CC3CCNC3)CC2)c(Cl)c1. The van der Waals surface area contributed by atoms with Gasteiger partial charge in [0.05, 0.1) is 5.02 Å². The predicted molar refractivity (Wildman–Crippen MR) is 69.6 cm³/mol. The van der Waals surface area contributed by atoms with Crippen LogP contribution in [0.5, 0.6) is 5.75 Å². The molecule has 1 saturated heterocycles. The Labute approximate surface area is 111 Å². The van der Waals surface area contributed by atoms with Gasteiger partial charge in [0.15, 0.2) is 0 Å². The van der Waals surface area contributed by atoms with Gasteiger partial charge in [0.25, 0.3) is 0 Å². The quantitative estimate of drug-likeness (QED) is 0.905. The summed E-state index contributed by atoms with van der Waals surface area (Å²) in [6.07, 6.45) is 4.46. The summed E-state index contributed by atoms with van der Waals surface area (Å²) in [4.78, 5) is 0. The van der Waals surface area contributed by atoms with Gasteiger partial charge in [-0.05, 0) is 62.9 Å². The molecular formula is C14H17ClFNO. The molecule has 1 N–H and O–H groups in total. The van der Waals surface area contributed by atoms with Crippen LogP contribution in [0.15, 0.2) is 18.2 Å². The van der Waals surface area contributed by atoms with E-state index in [2.05, 4.69) is 5.32 Å². The number of hydrogen-bond acceptors (Lipinski definition) is 2. The third-order valence-electron chi connectivity index (χ3n) is 3.85. The van der Waals surface area contributed by atoms with Gasteiger partial charge in [0.1, 0.15) is 17.2 Å². The maximum absolute atomic E-state index is 13.0. The van der Waals surface area contributed by atoms with Crippen LogP contribution in [-0.2, 0) is 0 Å². The Kier molecular flexibility index (Phi) is 3.20. The maximum Gasteiger partial charge on any atom is 0.138 e. The molecule has 0 bridgehead atoms. The van der Waals surface area contributed by atoms with Crippen LogP contribution in [0.3, 0.4) is 0 Å². The summed E-state index contributed by atoms with van der Waals surface area (Å²) in [7, 11) is 0. The lowest BCUT2D eigenvalue weighted by Crippen LogP contribution is -2.23. The molecule has 98 valence electrons. The first-order valence-electron chi connectivity index (χ1n) is 6.52. The van der Waals surface area contributed by atoms with Crippen molar-refractivity contribution in [2.24, 2.45) is 5.92 Å². The molecule has 2 aliphatic rings. The summed E-state index contributed by atoms with van der Waals surface area (Å²) in [5, 5.41) is 3.74. The van der Waals surface area contributed by atoms with Gasteiger partial charge in [0, 0.05) is 0 Å². The van der Waals surface area contributed by atoms with E-state index in [4.69, 9.17) is 16.3 Å². The molecule has 1 heterocycles. The van der Waals surface area contributed by atoms with Crippen molar-refractivity contribution < 1.29 is 9.13 Å². The fourth-order valence-corrected chi connectivity index (χ4v) is 2.90. The Bertz CT molecular complexity index is 441. The van der Waals surface area contributed by atoms with Crippen molar-refractivity contribution in [1.29, 1.82) is 0 Å². The Morgan fingerprint density at radius 3 is 2.89 bits per heavy atom. The fourth-order valence-electron chi connectivity index (χ4n) is 2.69. The lowest BCUT2D eigenvalue weighted by Gasteiger charge is -2.22. The molecule has 3 rings (SSSR count). The van der Waals surface area contributed by atoms with Gasteiger partial charge in [-0.2, -0.15) is 0 Å². The maximum atomic E-state index is 13.0. The highest BCUT2D eigenvalue weighted by Gasteiger charge is 2.47. The Hall–Kier alpha value is -0.800. The van der Waals surface area contributed by atoms with Gasteiger partial charge in [0.2, 0.25) is 0 Å². The highest BCUT2D eigenvalue weighted by atomic mass is 35.5. The zero-order valence-corrected chi connectivity index (χ0v) is 11.0. The number of nitrogens with one attached hydrogen (secondary N) is 1. The smallest absolute Gasteiger partial charge is 0.138 e. The molecule has 1 unspecified atom stereocenters. The standard InChI is InChI=1S/C14H17ClFNO/c15-12-7-11(16)1-2-13(12)18-14(4-5-14)8-10-3-6-17-9-10/h1-2,7,10,17H,3-6,8-9H2. The van der Waals surface area contributed by atoms with Crippen LogP contribution < -0.4 is 10.1 Å². The third-order valence-corrected chi connectivity index (χ3v) is 4.15. The van der Waals surface area contributed by atoms with E-state index in [0.717, 1.165) is 32.4 Å². The molecule has 1 aliphatic carbocycles. The van der Waals surface area contributed by atoms with Crippen LogP contribution in [0.2, 0.25) is 5.02 Å². The van der Waals surface area contributed by atoms with Gasteiger partial charge < -0.3 is 10.1 Å². The zero-order chi connectivity index (χ0) is 12.6. The number of benzene rings is 1. The molecule has 0 spiro atoms. The van der Waals surface area contributed by atoms with Crippen LogP contribution in [0.25, 0.3) is 0 Å². The topological polar surface area (TPSA) is 21.3 Å². The molecule has 2 fully saturated rings. The summed E-state index contributed by atoms with van der Waals surface area (Å²) < 4.78 is 19.0. The van der Waals surface area contributed by atoms with E-state index in [1.54, 1.807) is 6.07 Å². The Morgan fingerprint density at radius 2 is 2.28 bits per heavy atom. The predicted octanol–water partition coefficient (Wildman–Crippen LogP) is 3.39. The second-order valence-electron chi connectivity index (χ2n) is 5.42. The molecule has 0 amide bonds. The first-order chi connectivity index (χ1) is 8.67. The van der Waals surface area contributed by atoms with E-state index in [-0.39, 0.29) is 11.4 Å². The van der Waals surface area contributed by atoms with Gasteiger partial charge in [-0.3, -0.25) is 0 Å². The minimum Gasteiger partial charge on any atom is -0.486 e. The second-order valence-corrected chi connectivity index (χ2v) is 5.83. The average molecular weight is 270 g/mol. The molecule has 1 saturated carbocycles. The van der Waals surface area contributed by atoms with Crippen molar-refractivity contribution in [3.05, 3.63) is 29.0 Å². The third kappa shape index (κ3) is 2.62. The van der Waals surface area contributed by atoms with Crippen LogP contribution in [0.4, 0.5) is 4.39 Å². The van der Waals surface area contributed by atoms with Crippen LogP contribution >= 0.6 is 11.6 Å². The number of ether oxygens (including phenoxy) is 1. The van der Waals surface area contributed by atoms with Crippen molar-refractivity contribution in [3.63, 3.8) is 0 Å². The number of rotatable bonds is 4. The highest BCUT2D eigenvalue weighted by Crippen LogP contribution is 2.47. The second kappa shape index (κ2) is 4.71. The van der Waals surface area contributed by atoms with Gasteiger partial charge in [-0.25, -0.2) is 4.39 Å². The zero-order valence-electron chi connectivity index (χ0n) is 10.2. The normalized spacial score (nSPS) is 25.1. The van der Waals surface area contributed by atoms with E-state index in [0.29, 0.717) is 16.7 Å². The largest absolute Gasteiger partial charge is 0.486 e. The van der Waals surface area contributed by atoms with Gasteiger partial charge >= 0.3 is 0 Å². The molecule has 0 radical (unpaired) electrons. The van der Waals surface area contributed by atoms with E-state index in [1.165, 1.54) is 18.6 Å². The van der Waals surface area contributed by atoms with Crippen molar-refractivity contribution in [2.75, 3.05) is 13.1 Å². The van der Waals surface area contributed by atoms with Gasteiger partial charge in [-0.15, -0.1) is 0 Å². The summed E-state index contributed by atoms with van der Waals surface area (Å²) in [6.45, 7) is 2.19. The summed E-state index contributed by atoms with van der Waals surface area (Å²) in [5.74, 6) is 0.991. The van der Waals surface area contributed by atoms with E-state index < -0.39 is 0 Å². The van der Waals surface area contributed by atoms with Crippen molar-refractivity contribution in [3.8, 4) is 5.75 Å². The number of halogens is 2. The van der Waals surface area contributed by atoms with E-state index in [1.807, 2.05) is 0 Å². The molecule has 0 aromatic heterocycles. The van der Waals surface area contributed by atoms with Crippen LogP contribution in [0, 0.1) is 11.7 Å². The minimum absolute atomic E-state index is 0.0435. The monoisotopic (exact) mass is 269 g/mol. The summed E-state index contributed by atoms with van der Waals surface area (Å²) in [5.41, 5.74) is -0.0435. The van der Waals surface area contributed by atoms with E-state index >= 15 is 0 Å².